The van der Waals surface area contributed by atoms with Gasteiger partial charge < -0.3 is 14.4 Å². The normalized spacial score (nSPS) is 12.5. The number of allylic oxidation sites excluding steroid dienone is 1. The van der Waals surface area contributed by atoms with Crippen molar-refractivity contribution in [3.05, 3.63) is 92.1 Å². The van der Waals surface area contributed by atoms with Crippen LogP contribution in [0.15, 0.2) is 75.4 Å². The number of aryl methyl sites for hydroxylation is 1. The van der Waals surface area contributed by atoms with Gasteiger partial charge in [-0.3, -0.25) is 14.3 Å². The summed E-state index contributed by atoms with van der Waals surface area (Å²) in [6.45, 7) is -0.0867. The van der Waals surface area contributed by atoms with Gasteiger partial charge in [-0.05, 0) is 35.9 Å². The van der Waals surface area contributed by atoms with Gasteiger partial charge in [0, 0.05) is 18.3 Å². The zero-order valence-electron chi connectivity index (χ0n) is 18.8. The molecule has 35 heavy (non-hydrogen) atoms. The number of aromatic amines is 1. The van der Waals surface area contributed by atoms with E-state index in [9.17, 15) is 14.7 Å². The summed E-state index contributed by atoms with van der Waals surface area (Å²) in [5.41, 5.74) is 2.85. The second-order valence-electron chi connectivity index (χ2n) is 7.62. The number of anilines is 1. The molecule has 180 valence electrons. The molecule has 0 bridgehead atoms. The first-order valence-corrected chi connectivity index (χ1v) is 11.1. The Hall–Kier alpha value is -4.15. The number of halogens is 1. The summed E-state index contributed by atoms with van der Waals surface area (Å²) in [6.07, 6.45) is 4.15. The van der Waals surface area contributed by atoms with Crippen LogP contribution in [0.2, 0.25) is 5.02 Å². The van der Waals surface area contributed by atoms with E-state index in [0.29, 0.717) is 10.8 Å². The van der Waals surface area contributed by atoms with Crippen LogP contribution in [-0.4, -0.2) is 43.1 Å². The molecular formula is C24H23ClN6O4. The number of aromatic nitrogens is 4. The number of hydrazone groups is 1. The van der Waals surface area contributed by atoms with Crippen molar-refractivity contribution in [3.63, 3.8) is 0 Å². The number of hydrogen-bond acceptors (Lipinski definition) is 7. The maximum atomic E-state index is 12.6. The number of H-pyrrole nitrogens is 1. The molecule has 0 saturated carbocycles. The van der Waals surface area contributed by atoms with Crippen molar-refractivity contribution in [1.82, 2.24) is 19.1 Å². The van der Waals surface area contributed by atoms with E-state index in [2.05, 4.69) is 20.5 Å². The molecule has 2 aromatic heterocycles. The summed E-state index contributed by atoms with van der Waals surface area (Å²) >= 11 is 5.88. The van der Waals surface area contributed by atoms with Crippen LogP contribution in [0.1, 0.15) is 5.56 Å². The number of imidazole rings is 1. The van der Waals surface area contributed by atoms with Crippen LogP contribution in [0.3, 0.4) is 0 Å². The highest BCUT2D eigenvalue weighted by Crippen LogP contribution is 2.18. The summed E-state index contributed by atoms with van der Waals surface area (Å²) < 4.78 is 8.29. The molecule has 3 N–H and O–H groups in total. The van der Waals surface area contributed by atoms with E-state index in [1.807, 2.05) is 36.4 Å². The molecule has 0 radical (unpaired) electrons. The number of ether oxygens (including phenoxy) is 1. The highest BCUT2D eigenvalue weighted by Gasteiger charge is 2.19. The van der Waals surface area contributed by atoms with Crippen molar-refractivity contribution in [1.29, 1.82) is 0 Å². The quantitative estimate of drug-likeness (QED) is 0.242. The van der Waals surface area contributed by atoms with Crippen LogP contribution in [0.5, 0.6) is 5.75 Å². The Kier molecular flexibility index (Phi) is 7.44. The van der Waals surface area contributed by atoms with E-state index in [0.717, 1.165) is 5.56 Å². The molecule has 11 heteroatoms. The second kappa shape index (κ2) is 10.9. The molecule has 2 aromatic carbocycles. The van der Waals surface area contributed by atoms with Crippen molar-refractivity contribution in [2.45, 2.75) is 12.6 Å². The van der Waals surface area contributed by atoms with E-state index in [4.69, 9.17) is 16.3 Å². The van der Waals surface area contributed by atoms with Crippen molar-refractivity contribution >= 4 is 41.0 Å². The monoisotopic (exact) mass is 494 g/mol. The zero-order chi connectivity index (χ0) is 24.8. The van der Waals surface area contributed by atoms with E-state index in [1.165, 1.54) is 22.4 Å². The van der Waals surface area contributed by atoms with Crippen molar-refractivity contribution in [3.8, 4) is 5.75 Å². The highest BCUT2D eigenvalue weighted by molar-refractivity contribution is 6.30. The van der Waals surface area contributed by atoms with E-state index in [1.54, 1.807) is 30.3 Å². The predicted molar refractivity (Wildman–Crippen MR) is 136 cm³/mol. The first-order valence-electron chi connectivity index (χ1n) is 10.7. The molecule has 4 rings (SSSR count). The maximum Gasteiger partial charge on any atom is 0.329 e. The molecular weight excluding hydrogens is 472 g/mol. The molecule has 10 nitrogen and oxygen atoms in total. The number of aliphatic hydroxyl groups excluding tert-OH is 1. The molecule has 0 aliphatic heterocycles. The van der Waals surface area contributed by atoms with E-state index in [-0.39, 0.29) is 30.3 Å². The molecule has 0 unspecified atom stereocenters. The summed E-state index contributed by atoms with van der Waals surface area (Å²) in [5, 5.41) is 15.3. The van der Waals surface area contributed by atoms with Gasteiger partial charge in [-0.15, -0.1) is 0 Å². The second-order valence-corrected chi connectivity index (χ2v) is 8.05. The Morgan fingerprint density at radius 2 is 1.94 bits per heavy atom. The number of fused-ring (bicyclic) bond motifs is 1. The molecule has 0 amide bonds. The minimum Gasteiger partial charge on any atom is -0.491 e. The van der Waals surface area contributed by atoms with Gasteiger partial charge in [0.1, 0.15) is 18.5 Å². The first-order chi connectivity index (χ1) is 16.9. The van der Waals surface area contributed by atoms with Crippen LogP contribution in [0.25, 0.3) is 17.2 Å². The molecule has 0 saturated heterocycles. The van der Waals surface area contributed by atoms with Crippen LogP contribution >= 0.6 is 11.6 Å². The van der Waals surface area contributed by atoms with Crippen LogP contribution in [0, 0.1) is 0 Å². The van der Waals surface area contributed by atoms with E-state index >= 15 is 0 Å². The number of nitrogens with zero attached hydrogens (tertiary/aromatic N) is 4. The molecule has 0 aliphatic rings. The Bertz CT molecular complexity index is 1470. The predicted octanol–water partition coefficient (Wildman–Crippen LogP) is 2.63. The van der Waals surface area contributed by atoms with Crippen molar-refractivity contribution < 1.29 is 9.84 Å². The molecule has 1 atom stereocenters. The Labute approximate surface area is 204 Å². The Morgan fingerprint density at radius 3 is 2.69 bits per heavy atom. The summed E-state index contributed by atoms with van der Waals surface area (Å²) in [5.74, 6) is 0.721. The molecule has 0 fully saturated rings. The van der Waals surface area contributed by atoms with E-state index < -0.39 is 17.4 Å². The first kappa shape index (κ1) is 24.0. The van der Waals surface area contributed by atoms with Crippen LogP contribution in [0.4, 0.5) is 5.95 Å². The lowest BCUT2D eigenvalue weighted by molar-refractivity contribution is 0.0938. The Morgan fingerprint density at radius 1 is 1.20 bits per heavy atom. The number of benzene rings is 2. The van der Waals surface area contributed by atoms with Gasteiger partial charge in [-0.1, -0.05) is 48.0 Å². The largest absolute Gasteiger partial charge is 0.491 e. The number of hydrogen-bond donors (Lipinski definition) is 3. The molecule has 0 aliphatic carbocycles. The van der Waals surface area contributed by atoms with Gasteiger partial charge in [0.2, 0.25) is 5.95 Å². The molecule has 4 aromatic rings. The van der Waals surface area contributed by atoms with Gasteiger partial charge in [0.15, 0.2) is 11.2 Å². The SMILES string of the molecule is Cn1c(=O)[nH]c(=O)c2c1nc(N/N=C/C=C\c1ccccc1)n2C[C@H](O)COc1ccc(Cl)cc1. The summed E-state index contributed by atoms with van der Waals surface area (Å²) in [6, 6.07) is 16.4. The zero-order valence-corrected chi connectivity index (χ0v) is 19.5. The smallest absolute Gasteiger partial charge is 0.329 e. The van der Waals surface area contributed by atoms with Crippen LogP contribution < -0.4 is 21.4 Å². The van der Waals surface area contributed by atoms with Gasteiger partial charge in [0.05, 0.1) is 6.54 Å². The number of aliphatic hydroxyl groups is 1. The van der Waals surface area contributed by atoms with Gasteiger partial charge >= 0.3 is 5.69 Å². The lowest BCUT2D eigenvalue weighted by Crippen LogP contribution is -2.30. The molecule has 2 heterocycles. The number of rotatable bonds is 9. The topological polar surface area (TPSA) is 127 Å². The third-order valence-corrected chi connectivity index (χ3v) is 5.32. The lowest BCUT2D eigenvalue weighted by Gasteiger charge is -2.15. The van der Waals surface area contributed by atoms with Gasteiger partial charge in [0.25, 0.3) is 5.56 Å². The van der Waals surface area contributed by atoms with Gasteiger partial charge in [-0.25, -0.2) is 10.2 Å². The average Bonchev–Trinajstić information content (AvgIpc) is 3.21. The van der Waals surface area contributed by atoms with Crippen molar-refractivity contribution in [2.75, 3.05) is 12.0 Å². The minimum absolute atomic E-state index is 0.0386. The standard InChI is InChI=1S/C24H23ClN6O4/c1-30-21-20(22(33)28-24(30)34)31(14-18(32)15-35-19-11-9-17(25)10-12-19)23(27-21)29-26-13-5-8-16-6-3-2-4-7-16/h2-13,18,32H,14-15H2,1H3,(H,27,29)(H,28,33,34)/b8-5-,26-13+/t18-/m0/s1. The summed E-state index contributed by atoms with van der Waals surface area (Å²) in [7, 11) is 1.49. The third-order valence-electron chi connectivity index (χ3n) is 5.07. The third kappa shape index (κ3) is 5.86. The fraction of sp³-hybridized carbons (Fsp3) is 0.167. The van der Waals surface area contributed by atoms with Crippen LogP contribution in [-0.2, 0) is 13.6 Å². The lowest BCUT2D eigenvalue weighted by atomic mass is 10.2. The number of nitrogens with one attached hydrogen (secondary N) is 2. The summed E-state index contributed by atoms with van der Waals surface area (Å²) in [4.78, 5) is 31.2. The fourth-order valence-corrected chi connectivity index (χ4v) is 3.47. The average molecular weight is 495 g/mol. The maximum absolute atomic E-state index is 12.6. The highest BCUT2D eigenvalue weighted by atomic mass is 35.5. The Balaban J connectivity index is 1.55. The van der Waals surface area contributed by atoms with Gasteiger partial charge in [-0.2, -0.15) is 10.1 Å². The fourth-order valence-electron chi connectivity index (χ4n) is 3.34. The molecule has 0 spiro atoms. The minimum atomic E-state index is -0.998. The van der Waals surface area contributed by atoms with Crippen molar-refractivity contribution in [2.24, 2.45) is 12.1 Å².